The average Bonchev–Trinajstić information content (AvgIpc) is 0.892. The van der Waals surface area contributed by atoms with Gasteiger partial charge in [0.15, 0.2) is 0 Å². The van der Waals surface area contributed by atoms with E-state index in [0.29, 0.717) is 6.42 Å². The zero-order chi connectivity index (χ0) is 77.6. The number of unbranched alkanes of at least 4 members (excludes halogenated alkanes) is 12. The van der Waals surface area contributed by atoms with Gasteiger partial charge in [0, 0.05) is 18.4 Å². The summed E-state index contributed by atoms with van der Waals surface area (Å²) >= 11 is 0. The van der Waals surface area contributed by atoms with Crippen LogP contribution in [0, 0.1) is 23.7 Å². The summed E-state index contributed by atoms with van der Waals surface area (Å²) in [7, 11) is 1.44. The molecule has 590 valence electrons. The first-order valence-corrected chi connectivity index (χ1v) is 40.8. The Bertz CT molecular complexity index is 2640. The number of carboxylic acids is 1. The molecule has 9 nitrogen and oxygen atoms in total. The van der Waals surface area contributed by atoms with Gasteiger partial charge in [-0.3, -0.25) is 19.2 Å². The fraction of sp³-hybridized carbons (Fsp3) is 0.558. The summed E-state index contributed by atoms with van der Waals surface area (Å²) < 4.78 is 16.7. The van der Waals surface area contributed by atoms with Gasteiger partial charge in [-0.25, -0.2) is 4.39 Å². The maximum absolute atomic E-state index is 12.4. The Morgan fingerprint density at radius 1 is 0.371 bits per heavy atom. The lowest BCUT2D eigenvalue weighted by molar-refractivity contribution is -0.145. The Kier molecular flexibility index (Phi) is 83.3. The van der Waals surface area contributed by atoms with E-state index in [9.17, 15) is 28.7 Å². The molecule has 0 fully saturated rings. The highest BCUT2D eigenvalue weighted by atomic mass is 19.1. The van der Waals surface area contributed by atoms with Crippen molar-refractivity contribution in [3.63, 3.8) is 0 Å². The van der Waals surface area contributed by atoms with Crippen molar-refractivity contribution in [1.29, 1.82) is 0 Å². The zero-order valence-corrected chi connectivity index (χ0v) is 67.6. The molecule has 1 aromatic rings. The molecular formula is C95H151FN2O7. The van der Waals surface area contributed by atoms with Crippen LogP contribution in [0.5, 0.6) is 0 Å². The fourth-order valence-electron chi connectivity index (χ4n) is 9.91. The van der Waals surface area contributed by atoms with Crippen molar-refractivity contribution >= 4 is 23.8 Å². The fourth-order valence-corrected chi connectivity index (χ4v) is 9.91. The predicted octanol–water partition coefficient (Wildman–Crippen LogP) is 26.7. The van der Waals surface area contributed by atoms with Crippen molar-refractivity contribution < 1.29 is 38.5 Å². The monoisotopic (exact) mass is 1450 g/mol. The van der Waals surface area contributed by atoms with Gasteiger partial charge >= 0.3 is 11.9 Å². The Morgan fingerprint density at radius 3 is 0.886 bits per heavy atom. The number of esters is 1. The number of hydrogen-bond acceptors (Lipinski definition) is 6. The van der Waals surface area contributed by atoms with Gasteiger partial charge in [-0.2, -0.15) is 0 Å². The molecule has 4 unspecified atom stereocenters. The van der Waals surface area contributed by atoms with Crippen LogP contribution in [0.25, 0.3) is 0 Å². The van der Waals surface area contributed by atoms with Crippen molar-refractivity contribution in [2.75, 3.05) is 26.9 Å². The van der Waals surface area contributed by atoms with Gasteiger partial charge in [-0.1, -0.05) is 332 Å². The molecule has 0 aliphatic rings. The maximum atomic E-state index is 12.4. The summed E-state index contributed by atoms with van der Waals surface area (Å²) in [6.07, 6.45) is 109. The zero-order valence-electron chi connectivity index (χ0n) is 67.6. The molecule has 105 heavy (non-hydrogen) atoms. The Hall–Kier alpha value is -7.17. The topological polar surface area (TPSA) is 142 Å². The quantitative estimate of drug-likeness (QED) is 0.0289. The molecule has 0 saturated heterocycles. The van der Waals surface area contributed by atoms with Crippen LogP contribution in [0.3, 0.4) is 0 Å². The minimum absolute atomic E-state index is 0.0104. The van der Waals surface area contributed by atoms with E-state index in [1.54, 1.807) is 6.92 Å². The predicted molar refractivity (Wildman–Crippen MR) is 455 cm³/mol. The number of aliphatic hydroxyl groups excluding tert-OH is 1. The number of hydrogen-bond donors (Lipinski definition) is 4. The van der Waals surface area contributed by atoms with E-state index in [4.69, 9.17) is 9.84 Å². The number of rotatable bonds is 61. The molecule has 0 bridgehead atoms. The molecule has 0 aliphatic carbocycles. The second-order valence-electron chi connectivity index (χ2n) is 26.8. The molecule has 0 aliphatic heterocycles. The van der Waals surface area contributed by atoms with Crippen LogP contribution in [-0.2, 0) is 23.9 Å². The summed E-state index contributed by atoms with van der Waals surface area (Å²) in [6, 6.07) is 9.25. The first kappa shape index (κ1) is 102. The van der Waals surface area contributed by atoms with Crippen LogP contribution in [0.15, 0.2) is 225 Å². The van der Waals surface area contributed by atoms with E-state index in [0.717, 1.165) is 128 Å². The van der Waals surface area contributed by atoms with E-state index in [1.165, 1.54) is 110 Å². The van der Waals surface area contributed by atoms with Gasteiger partial charge in [0.05, 0.1) is 31.6 Å². The van der Waals surface area contributed by atoms with Crippen LogP contribution in [-0.4, -0.2) is 60.9 Å². The minimum Gasteiger partial charge on any atom is -0.481 e. The summed E-state index contributed by atoms with van der Waals surface area (Å²) in [5.41, 5.74) is 0.927. The van der Waals surface area contributed by atoms with Crippen LogP contribution >= 0.6 is 0 Å². The number of methoxy groups -OCH3 is 1. The Labute approximate surface area is 643 Å². The number of amides is 2. The van der Waals surface area contributed by atoms with E-state index in [1.807, 2.05) is 51.1 Å². The second kappa shape index (κ2) is 85.8. The first-order chi connectivity index (χ1) is 51.3. The van der Waals surface area contributed by atoms with Crippen molar-refractivity contribution in [3.8, 4) is 0 Å². The number of ether oxygens (including phenoxy) is 1. The van der Waals surface area contributed by atoms with Gasteiger partial charge in [0.25, 0.3) is 0 Å². The van der Waals surface area contributed by atoms with Crippen molar-refractivity contribution in [2.24, 2.45) is 23.7 Å². The molecule has 0 heterocycles. The smallest absolute Gasteiger partial charge is 0.308 e. The van der Waals surface area contributed by atoms with Crippen LogP contribution < -0.4 is 10.6 Å². The molecule has 0 aromatic heterocycles. The lowest BCUT2D eigenvalue weighted by Gasteiger charge is -2.19. The van der Waals surface area contributed by atoms with Crippen LogP contribution in [0.1, 0.15) is 298 Å². The molecule has 2 amide bonds. The number of alkyl halides is 1. The van der Waals surface area contributed by atoms with E-state index < -0.39 is 12.6 Å². The van der Waals surface area contributed by atoms with Crippen LogP contribution in [0.2, 0.25) is 0 Å². The standard InChI is InChI=1S/C29H43NO2.C23H38FNO.C22H36O2.C21H34O2/c1-3-4-5-6-7-8-9-10-11-12-13-14-15-16-17-19-22-26(2)29(32)30-28(25-31)27-23-20-18-21-24-27;1-3-4-5-6-7-8-9-10-11-12-13-14-15-16-17-18-19-22(2)23(26)25-21-20-24;1-4-5-6-7-8-9-10-11-12-13-14-15-16-17-18-19-20-21(2)22(23)24-3;1-3-4-5-6-7-8-9-10-11-12-13-14-15-16-17-18-19-20(2)21(22)23/h7-8,10-11,13-14,16-18,20-21,23-24,26,28,31H,3-6,9,12,15,19,22,25H2,1-2H3,(H,30,32);7-8,10-11,13-14,16-17,22H,3-6,9,12,15,18-21H2,1-2H3,(H,25,26);8-9,11-12,14-15,17-18,21H,4-7,10,13,16,19-20H2,1-3H3;7-8,10-11,13-14,16-17,20H,3-6,9,12,15,18-19H2,1-2H3,(H,22,23)/b2*8-7-,11-10-,14-13-,17-16-;9-8-,12-11-,15-14-,18-17-;8-7-,11-10-,14-13-,17-16-/t26?,28-;;;/m1.../s1. The highest BCUT2D eigenvalue weighted by Crippen LogP contribution is 2.16. The number of aliphatic carboxylic acids is 1. The largest absolute Gasteiger partial charge is 0.481 e. The lowest BCUT2D eigenvalue weighted by Crippen LogP contribution is -2.34. The number of aliphatic hydroxyl groups is 1. The average molecular weight is 1450 g/mol. The third-order valence-corrected chi connectivity index (χ3v) is 16.9. The van der Waals surface area contributed by atoms with Crippen molar-refractivity contribution in [1.82, 2.24) is 10.6 Å². The summed E-state index contributed by atoms with van der Waals surface area (Å²) in [4.78, 5) is 45.9. The molecule has 4 N–H and O–H groups in total. The number of halogens is 1. The molecule has 0 spiro atoms. The number of allylic oxidation sites excluding steroid dienone is 32. The molecule has 1 aromatic carbocycles. The van der Waals surface area contributed by atoms with Gasteiger partial charge in [0.2, 0.25) is 11.8 Å². The van der Waals surface area contributed by atoms with Crippen molar-refractivity contribution in [3.05, 3.63) is 230 Å². The minimum atomic E-state index is -0.708. The highest BCUT2D eigenvalue weighted by molar-refractivity contribution is 5.79. The normalized spacial score (nSPS) is 13.8. The SMILES string of the molecule is CCCCC/C=C\C/C=C\C/C=C\C/C=C\CCC(C)C(=O)NCCF.CCCCC/C=C\C/C=C\C/C=C\C/C=C\CCC(C)C(=O)N[C@H](CO)c1ccccc1.CCCCC/C=C\C/C=C\C/C=C\C/C=C\CCC(C)C(=O)O.CCCCC/C=C\C/C=C\C/C=C\C/C=C\CCC(C)C(=O)OC. The molecule has 5 atom stereocenters. The third-order valence-electron chi connectivity index (χ3n) is 16.9. The Balaban J connectivity index is -0.00000133. The number of nitrogens with one attached hydrogen (secondary N) is 2. The summed E-state index contributed by atoms with van der Waals surface area (Å²) in [6.45, 7) is 15.9. The molecule has 0 saturated carbocycles. The molecule has 10 heteroatoms. The molecule has 1 rings (SSSR count). The lowest BCUT2D eigenvalue weighted by atomic mass is 10.0. The number of carbonyl (C=O) groups is 4. The number of carbonyl (C=O) groups excluding carboxylic acids is 3. The second-order valence-corrected chi connectivity index (χ2v) is 26.8. The first-order valence-electron chi connectivity index (χ1n) is 40.8. The Morgan fingerprint density at radius 2 is 0.629 bits per heavy atom. The summed E-state index contributed by atoms with van der Waals surface area (Å²) in [5.74, 6) is -1.30. The molecular weight excluding hydrogens is 1300 g/mol. The van der Waals surface area contributed by atoms with E-state index in [2.05, 4.69) is 233 Å². The number of carboxylic acid groups (broad SMARTS) is 1. The van der Waals surface area contributed by atoms with Gasteiger partial charge in [-0.15, -0.1) is 0 Å². The van der Waals surface area contributed by atoms with Gasteiger partial charge in [0.1, 0.15) is 6.67 Å². The van der Waals surface area contributed by atoms with E-state index >= 15 is 0 Å². The maximum Gasteiger partial charge on any atom is 0.308 e. The van der Waals surface area contributed by atoms with Gasteiger partial charge < -0.3 is 25.6 Å². The third kappa shape index (κ3) is 79.2. The highest BCUT2D eigenvalue weighted by Gasteiger charge is 2.18. The van der Waals surface area contributed by atoms with Crippen LogP contribution in [0.4, 0.5) is 4.39 Å². The van der Waals surface area contributed by atoms with E-state index in [-0.39, 0.29) is 60.6 Å². The number of benzene rings is 1. The summed E-state index contributed by atoms with van der Waals surface area (Å²) in [5, 5.41) is 23.9. The van der Waals surface area contributed by atoms with Gasteiger partial charge in [-0.05, 0) is 185 Å². The molecule has 0 radical (unpaired) electrons. The van der Waals surface area contributed by atoms with Crippen molar-refractivity contribution in [2.45, 2.75) is 293 Å².